The van der Waals surface area contributed by atoms with E-state index in [4.69, 9.17) is 14.5 Å². The molecule has 0 saturated heterocycles. The molecule has 8 nitrogen and oxygen atoms in total. The highest BCUT2D eigenvalue weighted by Crippen LogP contribution is 2.31. The van der Waals surface area contributed by atoms with Gasteiger partial charge in [-0.15, -0.1) is 0 Å². The summed E-state index contributed by atoms with van der Waals surface area (Å²) in [5.74, 6) is -0.531. The first-order valence-electron chi connectivity index (χ1n) is 15.6. The fraction of sp³-hybridized carbons (Fsp3) is 0.417. The number of hydrogen-bond donors (Lipinski definition) is 3. The maximum absolute atomic E-state index is 12.2. The zero-order chi connectivity index (χ0) is 31.7. The molecule has 0 fully saturated rings. The van der Waals surface area contributed by atoms with E-state index >= 15 is 0 Å². The molecule has 0 spiro atoms. The number of aliphatic imine (C=N–C) groups is 1. The van der Waals surface area contributed by atoms with Crippen molar-refractivity contribution in [2.24, 2.45) is 10.9 Å². The second-order valence-electron chi connectivity index (χ2n) is 11.8. The van der Waals surface area contributed by atoms with Gasteiger partial charge in [0.2, 0.25) is 0 Å². The zero-order valence-corrected chi connectivity index (χ0v) is 27.2. The van der Waals surface area contributed by atoms with Crippen LogP contribution in [0.2, 0.25) is 0 Å². The Morgan fingerprint density at radius 2 is 1.30 bits per heavy atom. The van der Waals surface area contributed by atoms with Crippen LogP contribution < -0.4 is 21.4 Å². The van der Waals surface area contributed by atoms with E-state index < -0.39 is 0 Å². The van der Waals surface area contributed by atoms with Crippen LogP contribution >= 0.6 is 0 Å². The van der Waals surface area contributed by atoms with Crippen LogP contribution in [0.1, 0.15) is 84.8 Å². The number of H-pyrrole nitrogens is 3. The number of nitrogens with one attached hydrogen (secondary N) is 3. The molecule has 5 heterocycles. The van der Waals surface area contributed by atoms with E-state index in [-0.39, 0.29) is 24.3 Å². The fourth-order valence-electron chi connectivity index (χ4n) is 6.69. The second kappa shape index (κ2) is 12.7. The van der Waals surface area contributed by atoms with Gasteiger partial charge in [0.15, 0.2) is 0 Å². The van der Waals surface area contributed by atoms with E-state index in [1.165, 1.54) is 36.5 Å². The predicted molar refractivity (Wildman–Crippen MR) is 175 cm³/mol. The van der Waals surface area contributed by atoms with E-state index in [2.05, 4.69) is 80.8 Å². The van der Waals surface area contributed by atoms with E-state index in [1.807, 2.05) is 0 Å². The molecular formula is C36H44N4O4. The lowest BCUT2D eigenvalue weighted by molar-refractivity contribution is -0.141. The Bertz CT molecular complexity index is 1940. The molecule has 3 aromatic heterocycles. The highest BCUT2D eigenvalue weighted by atomic mass is 16.5. The van der Waals surface area contributed by atoms with Gasteiger partial charge in [0, 0.05) is 51.5 Å². The van der Waals surface area contributed by atoms with Crippen LogP contribution in [0.5, 0.6) is 0 Å². The summed E-state index contributed by atoms with van der Waals surface area (Å²) in [6, 6.07) is 0. The first-order valence-corrected chi connectivity index (χ1v) is 15.6. The van der Waals surface area contributed by atoms with Crippen molar-refractivity contribution in [2.45, 2.75) is 80.1 Å². The molecule has 8 bridgehead atoms. The van der Waals surface area contributed by atoms with Gasteiger partial charge in [0.25, 0.3) is 0 Å². The molecule has 2 aliphatic rings. The first kappa shape index (κ1) is 31.1. The van der Waals surface area contributed by atoms with E-state index in [1.54, 1.807) is 0 Å². The lowest BCUT2D eigenvalue weighted by Crippen LogP contribution is -2.19. The minimum atomic E-state index is -0.246. The average Bonchev–Trinajstić information content (AvgIpc) is 3.67. The molecule has 2 aliphatic heterocycles. The van der Waals surface area contributed by atoms with Gasteiger partial charge in [-0.3, -0.25) is 14.6 Å². The number of carbonyl (C=O) groups is 2. The molecule has 0 aromatic carbocycles. The normalized spacial score (nSPS) is 18.7. The SMILES string of the molecule is CCc1c2[nH]c(c1C)/C=c1\[nH]/c(c(C)c1CC)=C\C1=C(C)C(CCC(=O)OC)C(=N1)/C=c1\[nH]/c(c(C)c1CCC(=O)OC)=C\2. The van der Waals surface area contributed by atoms with Gasteiger partial charge in [-0.05, 0) is 117 Å². The first-order chi connectivity index (χ1) is 21.1. The van der Waals surface area contributed by atoms with Gasteiger partial charge in [-0.1, -0.05) is 13.8 Å². The van der Waals surface area contributed by atoms with Crippen LogP contribution in [0.15, 0.2) is 16.3 Å². The number of aromatic nitrogens is 3. The molecular weight excluding hydrogens is 552 g/mol. The number of aromatic amines is 3. The van der Waals surface area contributed by atoms with Gasteiger partial charge >= 0.3 is 11.9 Å². The van der Waals surface area contributed by atoms with Crippen LogP contribution in [0.4, 0.5) is 0 Å². The molecule has 0 radical (unpaired) electrons. The number of carbonyl (C=O) groups excluding carboxylic acids is 2. The Hall–Kier alpha value is -4.33. The molecule has 3 N–H and O–H groups in total. The van der Waals surface area contributed by atoms with Crippen molar-refractivity contribution in [1.29, 1.82) is 0 Å². The molecule has 0 amide bonds. The van der Waals surface area contributed by atoms with Crippen LogP contribution in [-0.2, 0) is 38.3 Å². The van der Waals surface area contributed by atoms with Crippen LogP contribution in [0.3, 0.4) is 0 Å². The van der Waals surface area contributed by atoms with E-state index in [0.29, 0.717) is 19.3 Å². The summed E-state index contributed by atoms with van der Waals surface area (Å²) in [6.07, 6.45) is 12.1. The average molecular weight is 597 g/mol. The van der Waals surface area contributed by atoms with Gasteiger partial charge < -0.3 is 24.4 Å². The summed E-state index contributed by atoms with van der Waals surface area (Å²) >= 11 is 0. The number of ether oxygens (including phenoxy) is 2. The highest BCUT2D eigenvalue weighted by Gasteiger charge is 2.26. The minimum Gasteiger partial charge on any atom is -0.469 e. The number of fused-ring (bicyclic) bond motifs is 7. The third-order valence-electron chi connectivity index (χ3n) is 9.42. The summed E-state index contributed by atoms with van der Waals surface area (Å²) in [6.45, 7) is 12.9. The molecule has 232 valence electrons. The van der Waals surface area contributed by atoms with Crippen molar-refractivity contribution in [3.8, 4) is 0 Å². The monoisotopic (exact) mass is 596 g/mol. The lowest BCUT2D eigenvalue weighted by Gasteiger charge is -2.12. The molecule has 0 aliphatic carbocycles. The molecule has 44 heavy (non-hydrogen) atoms. The van der Waals surface area contributed by atoms with Crippen molar-refractivity contribution < 1.29 is 19.1 Å². The number of methoxy groups -OCH3 is 2. The number of nitrogens with zero attached hydrogens (tertiary/aromatic N) is 1. The van der Waals surface area contributed by atoms with Gasteiger partial charge in [-0.25, -0.2) is 0 Å². The molecule has 0 saturated carbocycles. The Morgan fingerprint density at radius 1 is 0.705 bits per heavy atom. The van der Waals surface area contributed by atoms with Crippen molar-refractivity contribution in [3.05, 3.63) is 77.4 Å². The Morgan fingerprint density at radius 3 is 1.95 bits per heavy atom. The summed E-state index contributed by atoms with van der Waals surface area (Å²) < 4.78 is 9.94. The van der Waals surface area contributed by atoms with Crippen LogP contribution in [-0.4, -0.2) is 46.8 Å². The summed E-state index contributed by atoms with van der Waals surface area (Å²) in [4.78, 5) is 40.6. The third kappa shape index (κ3) is 5.77. The molecule has 1 unspecified atom stereocenters. The van der Waals surface area contributed by atoms with Gasteiger partial charge in [-0.2, -0.15) is 0 Å². The number of rotatable bonds is 8. The van der Waals surface area contributed by atoms with Gasteiger partial charge in [0.05, 0.1) is 25.6 Å². The quantitative estimate of drug-likeness (QED) is 0.346. The minimum absolute atomic E-state index is 0.0487. The Labute approximate surface area is 258 Å². The highest BCUT2D eigenvalue weighted by molar-refractivity contribution is 6.15. The lowest BCUT2D eigenvalue weighted by atomic mass is 9.90. The topological polar surface area (TPSA) is 112 Å². The number of allylic oxidation sites excluding steroid dienone is 2. The van der Waals surface area contributed by atoms with Gasteiger partial charge in [0.1, 0.15) is 0 Å². The van der Waals surface area contributed by atoms with Crippen molar-refractivity contribution in [3.63, 3.8) is 0 Å². The van der Waals surface area contributed by atoms with Crippen molar-refractivity contribution in [1.82, 2.24) is 15.0 Å². The van der Waals surface area contributed by atoms with E-state index in [9.17, 15) is 9.59 Å². The van der Waals surface area contributed by atoms with Crippen molar-refractivity contribution >= 4 is 42.0 Å². The number of esters is 2. The van der Waals surface area contributed by atoms with E-state index in [0.717, 1.165) is 73.7 Å². The second-order valence-corrected chi connectivity index (χ2v) is 11.8. The summed E-state index contributed by atoms with van der Waals surface area (Å²) in [5, 5.41) is 4.04. The molecule has 3 aromatic rings. The Kier molecular flexibility index (Phi) is 9.00. The smallest absolute Gasteiger partial charge is 0.305 e. The third-order valence-corrected chi connectivity index (χ3v) is 9.42. The molecule has 5 rings (SSSR count). The maximum Gasteiger partial charge on any atom is 0.305 e. The number of hydrogen-bond acceptors (Lipinski definition) is 5. The Balaban J connectivity index is 1.83. The molecule has 1 atom stereocenters. The van der Waals surface area contributed by atoms with Crippen molar-refractivity contribution in [2.75, 3.05) is 14.2 Å². The summed E-state index contributed by atoms with van der Waals surface area (Å²) in [7, 11) is 2.84. The predicted octanol–water partition coefficient (Wildman–Crippen LogP) is 3.36. The summed E-state index contributed by atoms with van der Waals surface area (Å²) in [5.41, 5.74) is 12.2. The maximum atomic E-state index is 12.2. The van der Waals surface area contributed by atoms with Crippen LogP contribution in [0.25, 0.3) is 24.3 Å². The standard InChI is InChI=1S/C36H44N4O4/c1-9-23-19(3)27-15-28-21(5)25(11-13-35(41)43-7)33(39-28)18-34-26(12-14-36(42)44-8)22(6)30(40-34)17-32-24(10-2)20(4)29(38-32)16-31(23)37-27/h15-18,25,37-38,40H,9-14H2,1-8H3/b27-15-,30-17-,31-16-,34-18-. The molecule has 8 heteroatoms. The van der Waals surface area contributed by atoms with Crippen LogP contribution in [0, 0.1) is 26.7 Å². The fourth-order valence-corrected chi connectivity index (χ4v) is 6.69. The zero-order valence-electron chi connectivity index (χ0n) is 27.2. The largest absolute Gasteiger partial charge is 0.469 e.